The zero-order valence-corrected chi connectivity index (χ0v) is 35.6. The predicted octanol–water partition coefficient (Wildman–Crippen LogP) is 18.2. The minimum atomic E-state index is 1.10. The molecule has 13 aromatic rings. The third-order valence-electron chi connectivity index (χ3n) is 13.6. The molecule has 0 fully saturated rings. The summed E-state index contributed by atoms with van der Waals surface area (Å²) in [6, 6.07) is 91.9. The summed E-state index contributed by atoms with van der Waals surface area (Å²) in [5, 5.41) is 17.3. The van der Waals surface area contributed by atoms with E-state index in [2.05, 4.69) is 254 Å². The van der Waals surface area contributed by atoms with Crippen LogP contribution in [0, 0.1) is 0 Å². The monoisotopic (exact) mass is 823 g/mol. The fourth-order valence-corrected chi connectivity index (χ4v) is 10.7. The average molecular weight is 824 g/mol. The van der Waals surface area contributed by atoms with E-state index in [-0.39, 0.29) is 0 Å². The van der Waals surface area contributed by atoms with Crippen LogP contribution in [-0.4, -0.2) is 0 Å². The SMILES string of the molecule is c1ccc(-c2cc(-c3ccccc3)c3c4ccccc4c4cc(N(c5cc6ccccc6c6ccccc56)c5cc6ccccc6c6ccccc56)ccc4c3c2-c2ccccc2)cc1. The van der Waals surface area contributed by atoms with Crippen molar-refractivity contribution in [2.45, 2.75) is 0 Å². The van der Waals surface area contributed by atoms with Crippen molar-refractivity contribution in [2.24, 2.45) is 0 Å². The number of anilines is 3. The molecule has 0 heterocycles. The quantitative estimate of drug-likeness (QED) is 0.151. The minimum absolute atomic E-state index is 1.10. The topological polar surface area (TPSA) is 3.24 Å². The van der Waals surface area contributed by atoms with Gasteiger partial charge < -0.3 is 4.90 Å². The smallest absolute Gasteiger partial charge is 0.0546 e. The van der Waals surface area contributed by atoms with Crippen LogP contribution in [0.15, 0.2) is 249 Å². The highest BCUT2D eigenvalue weighted by Crippen LogP contribution is 2.51. The van der Waals surface area contributed by atoms with Crippen molar-refractivity contribution in [2.75, 3.05) is 4.90 Å². The van der Waals surface area contributed by atoms with Gasteiger partial charge in [-0.15, -0.1) is 0 Å². The first-order valence-electron chi connectivity index (χ1n) is 22.5. The van der Waals surface area contributed by atoms with Gasteiger partial charge in [-0.25, -0.2) is 0 Å². The van der Waals surface area contributed by atoms with Gasteiger partial charge in [0.05, 0.1) is 11.4 Å². The molecule has 302 valence electrons. The Balaban J connectivity index is 1.21. The van der Waals surface area contributed by atoms with Crippen molar-refractivity contribution in [1.29, 1.82) is 0 Å². The van der Waals surface area contributed by atoms with E-state index < -0.39 is 0 Å². The zero-order chi connectivity index (χ0) is 42.8. The second-order valence-electron chi connectivity index (χ2n) is 17.1. The molecule has 0 radical (unpaired) electrons. The molecule has 0 saturated heterocycles. The molecule has 1 nitrogen and oxygen atoms in total. The molecule has 0 bridgehead atoms. The highest BCUT2D eigenvalue weighted by Gasteiger charge is 2.25. The van der Waals surface area contributed by atoms with Crippen LogP contribution in [0.2, 0.25) is 0 Å². The predicted molar refractivity (Wildman–Crippen MR) is 280 cm³/mol. The first kappa shape index (κ1) is 37.1. The summed E-state index contributed by atoms with van der Waals surface area (Å²) in [5.41, 5.74) is 10.7. The van der Waals surface area contributed by atoms with Gasteiger partial charge in [-0.2, -0.15) is 0 Å². The Morgan fingerprint density at radius 1 is 0.231 bits per heavy atom. The summed E-state index contributed by atoms with van der Waals surface area (Å²) in [4.78, 5) is 2.54. The molecule has 65 heavy (non-hydrogen) atoms. The van der Waals surface area contributed by atoms with Crippen LogP contribution in [0.4, 0.5) is 17.1 Å². The Morgan fingerprint density at radius 3 is 1.17 bits per heavy atom. The van der Waals surface area contributed by atoms with Crippen LogP contribution in [0.25, 0.3) is 109 Å². The van der Waals surface area contributed by atoms with Gasteiger partial charge in [0.1, 0.15) is 0 Å². The summed E-state index contributed by atoms with van der Waals surface area (Å²) >= 11 is 0. The summed E-state index contributed by atoms with van der Waals surface area (Å²) < 4.78 is 0. The Labute approximate surface area is 377 Å². The average Bonchev–Trinajstić information content (AvgIpc) is 3.39. The fourth-order valence-electron chi connectivity index (χ4n) is 10.7. The van der Waals surface area contributed by atoms with Crippen molar-refractivity contribution in [3.63, 3.8) is 0 Å². The third-order valence-corrected chi connectivity index (χ3v) is 13.6. The first-order chi connectivity index (χ1) is 32.3. The summed E-state index contributed by atoms with van der Waals surface area (Å²) in [7, 11) is 0. The molecule has 0 aliphatic carbocycles. The van der Waals surface area contributed by atoms with Crippen molar-refractivity contribution >= 4 is 92.5 Å². The Hall–Kier alpha value is -8.52. The van der Waals surface area contributed by atoms with E-state index in [1.807, 2.05) is 0 Å². The van der Waals surface area contributed by atoms with Crippen LogP contribution >= 0.6 is 0 Å². The molecule has 0 saturated carbocycles. The van der Waals surface area contributed by atoms with Gasteiger partial charge in [-0.1, -0.05) is 218 Å². The first-order valence-corrected chi connectivity index (χ1v) is 22.5. The second-order valence-corrected chi connectivity index (χ2v) is 17.1. The van der Waals surface area contributed by atoms with E-state index in [9.17, 15) is 0 Å². The molecule has 0 spiro atoms. The van der Waals surface area contributed by atoms with Crippen LogP contribution in [0.5, 0.6) is 0 Å². The summed E-state index contributed by atoms with van der Waals surface area (Å²) in [6.07, 6.45) is 0. The fraction of sp³-hybridized carbons (Fsp3) is 0. The number of hydrogen-bond acceptors (Lipinski definition) is 1. The maximum Gasteiger partial charge on any atom is 0.0546 e. The van der Waals surface area contributed by atoms with E-state index in [0.29, 0.717) is 0 Å². The van der Waals surface area contributed by atoms with Crippen molar-refractivity contribution in [1.82, 2.24) is 0 Å². The van der Waals surface area contributed by atoms with Crippen LogP contribution < -0.4 is 4.90 Å². The molecule has 0 N–H and O–H groups in total. The lowest BCUT2D eigenvalue weighted by Crippen LogP contribution is -2.11. The molecule has 0 aromatic heterocycles. The normalized spacial score (nSPS) is 11.7. The number of rotatable bonds is 6. The van der Waals surface area contributed by atoms with E-state index >= 15 is 0 Å². The Kier molecular flexibility index (Phi) is 8.60. The van der Waals surface area contributed by atoms with Crippen molar-refractivity contribution in [3.05, 3.63) is 249 Å². The van der Waals surface area contributed by atoms with Crippen LogP contribution in [-0.2, 0) is 0 Å². The van der Waals surface area contributed by atoms with E-state index in [4.69, 9.17) is 0 Å². The van der Waals surface area contributed by atoms with E-state index in [0.717, 1.165) is 17.1 Å². The van der Waals surface area contributed by atoms with Crippen molar-refractivity contribution < 1.29 is 0 Å². The van der Waals surface area contributed by atoms with Gasteiger partial charge in [0.25, 0.3) is 0 Å². The molecular formula is C64H41N. The minimum Gasteiger partial charge on any atom is -0.309 e. The standard InChI is InChI=1S/C64H41N/c1-4-20-42(21-5-1)57-41-58(43-22-6-2-7-23-43)63-55-35-19-16-32-52(55)59-40-47(36-37-56(59)64(63)62(57)44-24-8-3-9-25-44)65(60-38-45-26-10-12-28-48(45)50-30-14-17-33-53(50)60)61-39-46-27-11-13-29-49(46)51-31-15-18-34-54(51)61/h1-41H. The molecule has 0 atom stereocenters. The van der Waals surface area contributed by atoms with Crippen molar-refractivity contribution in [3.8, 4) is 33.4 Å². The number of fused-ring (bicyclic) bond motifs is 12. The lowest BCUT2D eigenvalue weighted by Gasteiger charge is -2.30. The van der Waals surface area contributed by atoms with Crippen LogP contribution in [0.1, 0.15) is 0 Å². The van der Waals surface area contributed by atoms with E-state index in [1.165, 1.54) is 109 Å². The Bertz CT molecular complexity index is 3870. The number of benzene rings is 13. The van der Waals surface area contributed by atoms with Gasteiger partial charge in [-0.3, -0.25) is 0 Å². The molecule has 0 aliphatic rings. The van der Waals surface area contributed by atoms with E-state index in [1.54, 1.807) is 0 Å². The van der Waals surface area contributed by atoms with Gasteiger partial charge in [-0.05, 0) is 128 Å². The highest BCUT2D eigenvalue weighted by atomic mass is 15.1. The Morgan fingerprint density at radius 2 is 0.631 bits per heavy atom. The number of hydrogen-bond donors (Lipinski definition) is 0. The number of nitrogens with zero attached hydrogens (tertiary/aromatic N) is 1. The lowest BCUT2D eigenvalue weighted by molar-refractivity contribution is 1.33. The molecule has 13 rings (SSSR count). The summed E-state index contributed by atoms with van der Waals surface area (Å²) in [6.45, 7) is 0. The molecule has 13 aromatic carbocycles. The summed E-state index contributed by atoms with van der Waals surface area (Å²) in [5.74, 6) is 0. The van der Waals surface area contributed by atoms with Gasteiger partial charge in [0.15, 0.2) is 0 Å². The molecule has 0 amide bonds. The van der Waals surface area contributed by atoms with Gasteiger partial charge in [0.2, 0.25) is 0 Å². The lowest BCUT2D eigenvalue weighted by atomic mass is 9.81. The second kappa shape index (κ2) is 15.1. The maximum atomic E-state index is 2.54. The van der Waals surface area contributed by atoms with Gasteiger partial charge in [0, 0.05) is 16.5 Å². The molecule has 0 unspecified atom stereocenters. The molecular weight excluding hydrogens is 783 g/mol. The van der Waals surface area contributed by atoms with Crippen LogP contribution in [0.3, 0.4) is 0 Å². The molecule has 0 aliphatic heterocycles. The third kappa shape index (κ3) is 5.94. The molecule has 1 heteroatoms. The maximum absolute atomic E-state index is 2.54. The zero-order valence-electron chi connectivity index (χ0n) is 35.6. The van der Waals surface area contributed by atoms with Gasteiger partial charge >= 0.3 is 0 Å². The largest absolute Gasteiger partial charge is 0.309 e. The highest BCUT2D eigenvalue weighted by molar-refractivity contribution is 6.33.